The second-order valence-corrected chi connectivity index (χ2v) is 5.03. The first-order valence-electron chi connectivity index (χ1n) is 6.47. The minimum absolute atomic E-state index is 0.453. The second-order valence-electron chi connectivity index (χ2n) is 5.03. The van der Waals surface area contributed by atoms with Gasteiger partial charge in [0.1, 0.15) is 5.75 Å². The molecule has 0 heterocycles. The van der Waals surface area contributed by atoms with E-state index in [2.05, 4.69) is 39.0 Å². The van der Waals surface area contributed by atoms with Gasteiger partial charge in [-0.15, -0.1) is 0 Å². The van der Waals surface area contributed by atoms with Crippen molar-refractivity contribution in [3.05, 3.63) is 41.0 Å². The fraction of sp³-hybridized carbons (Fsp3) is 0.500. The molecule has 0 aliphatic carbocycles. The summed E-state index contributed by atoms with van der Waals surface area (Å²) >= 11 is 0. The third-order valence-electron chi connectivity index (χ3n) is 3.19. The maximum Gasteiger partial charge on any atom is 0.119 e. The van der Waals surface area contributed by atoms with Gasteiger partial charge in [-0.1, -0.05) is 30.7 Å². The van der Waals surface area contributed by atoms with Crippen LogP contribution in [-0.2, 0) is 0 Å². The molecule has 1 atom stereocenters. The molecule has 0 fully saturated rings. The van der Waals surface area contributed by atoms with E-state index in [0.29, 0.717) is 11.7 Å². The summed E-state index contributed by atoms with van der Waals surface area (Å²) < 4.78 is 0. The van der Waals surface area contributed by atoms with Crippen LogP contribution in [0, 0.1) is 6.92 Å². The quantitative estimate of drug-likeness (QED) is 0.713. The number of allylic oxidation sites excluding steroid dienone is 2. The minimum atomic E-state index is 0.453. The van der Waals surface area contributed by atoms with Crippen LogP contribution in [-0.4, -0.2) is 5.11 Å². The predicted molar refractivity (Wildman–Crippen MR) is 74.5 cm³/mol. The van der Waals surface area contributed by atoms with Crippen molar-refractivity contribution < 1.29 is 5.11 Å². The van der Waals surface area contributed by atoms with Gasteiger partial charge >= 0.3 is 0 Å². The lowest BCUT2D eigenvalue weighted by molar-refractivity contribution is 0.455. The Morgan fingerprint density at radius 3 is 2.59 bits per heavy atom. The van der Waals surface area contributed by atoms with Crippen LogP contribution < -0.4 is 0 Å². The Balaban J connectivity index is 2.76. The third kappa shape index (κ3) is 4.26. The SMILES string of the molecule is CC[C@H](CCC=C(C)C)c1ccc(C)cc1O. The van der Waals surface area contributed by atoms with Gasteiger partial charge in [-0.05, 0) is 63.1 Å². The minimum Gasteiger partial charge on any atom is -0.508 e. The summed E-state index contributed by atoms with van der Waals surface area (Å²) in [5.41, 5.74) is 3.58. The molecule has 0 bridgehead atoms. The summed E-state index contributed by atoms with van der Waals surface area (Å²) in [6.45, 7) is 8.45. The molecule has 0 spiro atoms. The molecule has 0 aliphatic heterocycles. The van der Waals surface area contributed by atoms with E-state index in [9.17, 15) is 5.11 Å². The molecule has 1 N–H and O–H groups in total. The van der Waals surface area contributed by atoms with Crippen LogP contribution in [0.5, 0.6) is 5.75 Å². The predicted octanol–water partition coefficient (Wildman–Crippen LogP) is 4.94. The van der Waals surface area contributed by atoms with Crippen molar-refractivity contribution in [2.24, 2.45) is 0 Å². The lowest BCUT2D eigenvalue weighted by atomic mass is 9.90. The average Bonchev–Trinajstić information content (AvgIpc) is 2.25. The van der Waals surface area contributed by atoms with Crippen LogP contribution in [0.25, 0.3) is 0 Å². The van der Waals surface area contributed by atoms with Crippen molar-refractivity contribution in [1.29, 1.82) is 0 Å². The smallest absolute Gasteiger partial charge is 0.119 e. The zero-order chi connectivity index (χ0) is 12.8. The lowest BCUT2D eigenvalue weighted by Crippen LogP contribution is -1.98. The van der Waals surface area contributed by atoms with Crippen molar-refractivity contribution in [1.82, 2.24) is 0 Å². The largest absolute Gasteiger partial charge is 0.508 e. The van der Waals surface area contributed by atoms with Crippen molar-refractivity contribution in [3.63, 3.8) is 0 Å². The number of aryl methyl sites for hydroxylation is 1. The normalized spacial score (nSPS) is 12.2. The molecule has 1 aromatic carbocycles. The highest BCUT2D eigenvalue weighted by Gasteiger charge is 2.12. The molecule has 0 saturated heterocycles. The summed E-state index contributed by atoms with van der Waals surface area (Å²) in [5.74, 6) is 0.917. The Hall–Kier alpha value is -1.24. The van der Waals surface area contributed by atoms with Gasteiger partial charge in [-0.3, -0.25) is 0 Å². The van der Waals surface area contributed by atoms with E-state index in [1.807, 2.05) is 13.0 Å². The van der Waals surface area contributed by atoms with Gasteiger partial charge in [0.2, 0.25) is 0 Å². The van der Waals surface area contributed by atoms with Crippen molar-refractivity contribution in [2.75, 3.05) is 0 Å². The van der Waals surface area contributed by atoms with Crippen molar-refractivity contribution in [2.45, 2.75) is 52.9 Å². The monoisotopic (exact) mass is 232 g/mol. The number of hydrogen-bond acceptors (Lipinski definition) is 1. The maximum atomic E-state index is 9.99. The molecular weight excluding hydrogens is 208 g/mol. The summed E-state index contributed by atoms with van der Waals surface area (Å²) in [6, 6.07) is 6.01. The van der Waals surface area contributed by atoms with Gasteiger partial charge in [-0.25, -0.2) is 0 Å². The first-order chi connectivity index (χ1) is 8.04. The zero-order valence-corrected chi connectivity index (χ0v) is 11.5. The number of aromatic hydroxyl groups is 1. The summed E-state index contributed by atoms with van der Waals surface area (Å²) in [5, 5.41) is 9.99. The van der Waals surface area contributed by atoms with Gasteiger partial charge in [-0.2, -0.15) is 0 Å². The standard InChI is InChI=1S/C16H24O/c1-5-14(8-6-7-12(2)3)15-10-9-13(4)11-16(15)17/h7,9-11,14,17H,5-6,8H2,1-4H3/t14-/m1/s1. The molecule has 0 aliphatic rings. The average molecular weight is 232 g/mol. The molecule has 94 valence electrons. The van der Waals surface area contributed by atoms with Gasteiger partial charge in [0, 0.05) is 0 Å². The Kier molecular flexibility index (Phi) is 5.27. The highest BCUT2D eigenvalue weighted by Crippen LogP contribution is 2.32. The second kappa shape index (κ2) is 6.48. The molecule has 17 heavy (non-hydrogen) atoms. The van der Waals surface area contributed by atoms with Crippen LogP contribution in [0.4, 0.5) is 0 Å². The Morgan fingerprint density at radius 1 is 1.35 bits per heavy atom. The molecule has 0 unspecified atom stereocenters. The molecule has 0 radical (unpaired) electrons. The molecular formula is C16H24O. The topological polar surface area (TPSA) is 20.2 Å². The van der Waals surface area contributed by atoms with Crippen LogP contribution >= 0.6 is 0 Å². The molecule has 1 rings (SSSR count). The van der Waals surface area contributed by atoms with E-state index >= 15 is 0 Å². The van der Waals surface area contributed by atoms with Crippen LogP contribution in [0.2, 0.25) is 0 Å². The first-order valence-corrected chi connectivity index (χ1v) is 6.47. The Labute approximate surface area is 105 Å². The van der Waals surface area contributed by atoms with E-state index < -0.39 is 0 Å². The van der Waals surface area contributed by atoms with Gasteiger partial charge in [0.15, 0.2) is 0 Å². The van der Waals surface area contributed by atoms with E-state index in [0.717, 1.165) is 30.4 Å². The van der Waals surface area contributed by atoms with E-state index in [-0.39, 0.29) is 0 Å². The Morgan fingerprint density at radius 2 is 2.06 bits per heavy atom. The van der Waals surface area contributed by atoms with E-state index in [1.54, 1.807) is 0 Å². The number of phenolic OH excluding ortho intramolecular Hbond substituents is 1. The van der Waals surface area contributed by atoms with Gasteiger partial charge in [0.25, 0.3) is 0 Å². The third-order valence-corrected chi connectivity index (χ3v) is 3.19. The van der Waals surface area contributed by atoms with E-state index in [1.165, 1.54) is 5.57 Å². The number of phenols is 1. The maximum absolute atomic E-state index is 9.99. The van der Waals surface area contributed by atoms with Crippen LogP contribution in [0.15, 0.2) is 29.8 Å². The first kappa shape index (κ1) is 13.8. The van der Waals surface area contributed by atoms with E-state index in [4.69, 9.17) is 0 Å². The summed E-state index contributed by atoms with van der Waals surface area (Å²) in [4.78, 5) is 0. The van der Waals surface area contributed by atoms with Crippen molar-refractivity contribution in [3.8, 4) is 5.75 Å². The highest BCUT2D eigenvalue weighted by molar-refractivity contribution is 5.38. The lowest BCUT2D eigenvalue weighted by Gasteiger charge is -2.16. The summed E-state index contributed by atoms with van der Waals surface area (Å²) in [6.07, 6.45) is 5.55. The Bertz CT molecular complexity index is 387. The van der Waals surface area contributed by atoms with Crippen LogP contribution in [0.1, 0.15) is 57.1 Å². The highest BCUT2D eigenvalue weighted by atomic mass is 16.3. The molecule has 0 amide bonds. The molecule has 1 aromatic rings. The van der Waals surface area contributed by atoms with Gasteiger partial charge < -0.3 is 5.11 Å². The zero-order valence-electron chi connectivity index (χ0n) is 11.5. The number of hydrogen-bond donors (Lipinski definition) is 1. The number of benzene rings is 1. The van der Waals surface area contributed by atoms with Crippen LogP contribution in [0.3, 0.4) is 0 Å². The fourth-order valence-corrected chi connectivity index (χ4v) is 2.15. The summed E-state index contributed by atoms with van der Waals surface area (Å²) in [7, 11) is 0. The fourth-order valence-electron chi connectivity index (χ4n) is 2.15. The number of rotatable bonds is 5. The molecule has 0 saturated carbocycles. The molecule has 0 aromatic heterocycles. The van der Waals surface area contributed by atoms with Crippen molar-refractivity contribution >= 4 is 0 Å². The molecule has 1 nitrogen and oxygen atoms in total. The van der Waals surface area contributed by atoms with Gasteiger partial charge in [0.05, 0.1) is 0 Å². The molecule has 1 heteroatoms.